The summed E-state index contributed by atoms with van der Waals surface area (Å²) in [7, 11) is 0. The monoisotopic (exact) mass is 242 g/mol. The van der Waals surface area contributed by atoms with Crippen molar-refractivity contribution >= 4 is 22.5 Å². The average molecular weight is 242 g/mol. The first-order chi connectivity index (χ1) is 7.80. The molecule has 0 bridgehead atoms. The summed E-state index contributed by atoms with van der Waals surface area (Å²) in [6, 6.07) is 5.19. The first kappa shape index (κ1) is 11.5. The molecule has 0 spiro atoms. The molecule has 6 heteroatoms. The molecule has 0 aliphatic carbocycles. The molecule has 1 aromatic heterocycles. The minimum atomic E-state index is -4.57. The number of hydrogen-bond acceptors (Lipinski definition) is 2. The fraction of sp³-hybridized carbons (Fsp3) is 0.182. The number of nitrogens with two attached hydrogens (primary N) is 1. The Balaban J connectivity index is 2.84. The maximum absolute atomic E-state index is 12.7. The molecule has 2 aromatic rings. The van der Waals surface area contributed by atoms with Crippen LogP contribution in [0.3, 0.4) is 0 Å². The van der Waals surface area contributed by atoms with Crippen LogP contribution in [0.4, 0.5) is 18.9 Å². The molecule has 2 rings (SSSR count). The molecule has 0 aliphatic rings. The molecule has 0 aliphatic heterocycles. The zero-order valence-electron chi connectivity index (χ0n) is 8.88. The number of halogens is 3. The summed E-state index contributed by atoms with van der Waals surface area (Å²) in [5.41, 5.74) is 5.07. The van der Waals surface area contributed by atoms with Gasteiger partial charge in [0.1, 0.15) is 5.69 Å². The Hall–Kier alpha value is -1.98. The van der Waals surface area contributed by atoms with Gasteiger partial charge in [0.2, 0.25) is 5.91 Å². The zero-order valence-corrected chi connectivity index (χ0v) is 8.88. The Bertz CT molecular complexity index is 599. The van der Waals surface area contributed by atoms with Crippen molar-refractivity contribution in [2.75, 3.05) is 5.73 Å². The number of nitrogens with zero attached hydrogens (tertiary/aromatic N) is 1. The summed E-state index contributed by atoms with van der Waals surface area (Å²) in [5.74, 6) is -0.683. The van der Waals surface area contributed by atoms with Crippen LogP contribution in [0, 0.1) is 0 Å². The van der Waals surface area contributed by atoms with E-state index in [1.54, 1.807) is 0 Å². The third-order valence-corrected chi connectivity index (χ3v) is 2.43. The molecule has 0 saturated carbocycles. The summed E-state index contributed by atoms with van der Waals surface area (Å²) in [6.07, 6.45) is -4.57. The molecule has 17 heavy (non-hydrogen) atoms. The highest BCUT2D eigenvalue weighted by atomic mass is 19.4. The summed E-state index contributed by atoms with van der Waals surface area (Å²) in [5, 5.41) is 0.299. The van der Waals surface area contributed by atoms with E-state index < -0.39 is 17.8 Å². The van der Waals surface area contributed by atoms with E-state index in [-0.39, 0.29) is 5.52 Å². The smallest absolute Gasteiger partial charge is 0.399 e. The van der Waals surface area contributed by atoms with Crippen LogP contribution in [-0.4, -0.2) is 10.5 Å². The van der Waals surface area contributed by atoms with Crippen LogP contribution in [-0.2, 0) is 6.18 Å². The second-order valence-electron chi connectivity index (χ2n) is 3.70. The summed E-state index contributed by atoms with van der Waals surface area (Å²) < 4.78 is 38.9. The lowest BCUT2D eigenvalue weighted by Gasteiger charge is -2.09. The first-order valence-electron chi connectivity index (χ1n) is 4.80. The van der Waals surface area contributed by atoms with E-state index in [1.807, 2.05) is 0 Å². The van der Waals surface area contributed by atoms with Crippen molar-refractivity contribution in [2.45, 2.75) is 13.1 Å². The molecule has 0 amide bonds. The Morgan fingerprint density at radius 3 is 2.47 bits per heavy atom. The van der Waals surface area contributed by atoms with Gasteiger partial charge >= 0.3 is 6.18 Å². The Morgan fingerprint density at radius 2 is 1.94 bits per heavy atom. The molecule has 0 fully saturated rings. The van der Waals surface area contributed by atoms with Gasteiger partial charge in [0.05, 0.1) is 5.52 Å². The second kappa shape index (κ2) is 3.51. The van der Waals surface area contributed by atoms with E-state index in [0.717, 1.165) is 13.0 Å². The lowest BCUT2D eigenvalue weighted by Crippen LogP contribution is -2.17. The van der Waals surface area contributed by atoms with Gasteiger partial charge in [0.15, 0.2) is 0 Å². The zero-order chi connectivity index (χ0) is 12.8. The second-order valence-corrected chi connectivity index (χ2v) is 3.70. The molecule has 3 nitrogen and oxygen atoms in total. The van der Waals surface area contributed by atoms with E-state index in [2.05, 4.69) is 0 Å². The molecule has 0 radical (unpaired) electrons. The van der Waals surface area contributed by atoms with Crippen molar-refractivity contribution < 1.29 is 18.0 Å². The Kier molecular flexibility index (Phi) is 2.38. The van der Waals surface area contributed by atoms with Crippen molar-refractivity contribution in [3.8, 4) is 0 Å². The van der Waals surface area contributed by atoms with Crippen LogP contribution in [0.25, 0.3) is 10.9 Å². The van der Waals surface area contributed by atoms with Crippen molar-refractivity contribution in [3.63, 3.8) is 0 Å². The third-order valence-electron chi connectivity index (χ3n) is 2.43. The summed E-state index contributed by atoms with van der Waals surface area (Å²) >= 11 is 0. The predicted octanol–water partition coefficient (Wildman–Crippen LogP) is 2.90. The molecule has 90 valence electrons. The predicted molar refractivity (Wildman–Crippen MR) is 57.7 cm³/mol. The largest absolute Gasteiger partial charge is 0.431 e. The number of nitrogen functional groups attached to an aromatic ring is 1. The Labute approximate surface area is 94.6 Å². The van der Waals surface area contributed by atoms with Gasteiger partial charge in [0.25, 0.3) is 0 Å². The van der Waals surface area contributed by atoms with Gasteiger partial charge in [-0.2, -0.15) is 13.2 Å². The van der Waals surface area contributed by atoms with Crippen LogP contribution in [0.5, 0.6) is 0 Å². The molecule has 0 unspecified atom stereocenters. The number of carbonyl (C=O) groups is 1. The number of fused-ring (bicyclic) bond motifs is 1. The molecule has 1 heterocycles. The molecule has 0 saturated heterocycles. The quantitative estimate of drug-likeness (QED) is 0.722. The van der Waals surface area contributed by atoms with Gasteiger partial charge in [-0.25, -0.2) is 0 Å². The van der Waals surface area contributed by atoms with E-state index in [0.29, 0.717) is 15.6 Å². The van der Waals surface area contributed by atoms with Crippen molar-refractivity contribution in [1.29, 1.82) is 0 Å². The van der Waals surface area contributed by atoms with Gasteiger partial charge < -0.3 is 5.73 Å². The Morgan fingerprint density at radius 1 is 1.29 bits per heavy atom. The van der Waals surface area contributed by atoms with Crippen molar-refractivity contribution in [3.05, 3.63) is 30.0 Å². The number of aromatic nitrogens is 1. The molecular weight excluding hydrogens is 233 g/mol. The van der Waals surface area contributed by atoms with Crippen molar-refractivity contribution in [1.82, 2.24) is 4.57 Å². The lowest BCUT2D eigenvalue weighted by atomic mass is 10.2. The number of alkyl halides is 3. The van der Waals surface area contributed by atoms with Crippen LogP contribution in [0.1, 0.15) is 17.4 Å². The standard InChI is InChI=1S/C11H9F3N2O/c1-6(17)16-9-3-2-8(15)4-7(9)5-10(16)11(12,13)14/h2-5H,15H2,1H3. The van der Waals surface area contributed by atoms with Crippen molar-refractivity contribution in [2.24, 2.45) is 0 Å². The minimum absolute atomic E-state index is 0.207. The average Bonchev–Trinajstić information content (AvgIpc) is 2.55. The SMILES string of the molecule is CC(=O)n1c(C(F)(F)F)cc2cc(N)ccc21. The fourth-order valence-electron chi connectivity index (χ4n) is 1.78. The highest BCUT2D eigenvalue weighted by molar-refractivity contribution is 5.94. The number of anilines is 1. The highest BCUT2D eigenvalue weighted by Gasteiger charge is 2.36. The number of hydrogen-bond donors (Lipinski definition) is 1. The summed E-state index contributed by atoms with van der Waals surface area (Å²) in [6.45, 7) is 1.09. The first-order valence-corrected chi connectivity index (χ1v) is 4.80. The number of rotatable bonds is 0. The van der Waals surface area contributed by atoms with Crippen LogP contribution >= 0.6 is 0 Å². The normalized spacial score (nSPS) is 12.0. The molecule has 0 atom stereocenters. The van der Waals surface area contributed by atoms with E-state index in [1.165, 1.54) is 18.2 Å². The molecular formula is C11H9F3N2O. The summed E-state index contributed by atoms with van der Waals surface area (Å²) in [4.78, 5) is 11.3. The van der Waals surface area contributed by atoms with Gasteiger partial charge in [0, 0.05) is 18.0 Å². The number of carbonyl (C=O) groups excluding carboxylic acids is 1. The lowest BCUT2D eigenvalue weighted by molar-refractivity contribution is -0.142. The maximum Gasteiger partial charge on any atom is 0.431 e. The fourth-order valence-corrected chi connectivity index (χ4v) is 1.78. The van der Waals surface area contributed by atoms with Gasteiger partial charge in [-0.1, -0.05) is 0 Å². The van der Waals surface area contributed by atoms with E-state index >= 15 is 0 Å². The topological polar surface area (TPSA) is 48.0 Å². The van der Waals surface area contributed by atoms with E-state index in [4.69, 9.17) is 5.73 Å². The van der Waals surface area contributed by atoms with Crippen LogP contribution in [0.15, 0.2) is 24.3 Å². The van der Waals surface area contributed by atoms with Crippen LogP contribution in [0.2, 0.25) is 0 Å². The number of benzene rings is 1. The van der Waals surface area contributed by atoms with Gasteiger partial charge in [-0.05, 0) is 24.3 Å². The van der Waals surface area contributed by atoms with Gasteiger partial charge in [-0.3, -0.25) is 9.36 Å². The maximum atomic E-state index is 12.7. The highest BCUT2D eigenvalue weighted by Crippen LogP contribution is 2.34. The van der Waals surface area contributed by atoms with E-state index in [9.17, 15) is 18.0 Å². The molecule has 2 N–H and O–H groups in total. The third kappa shape index (κ3) is 1.86. The van der Waals surface area contributed by atoms with Gasteiger partial charge in [-0.15, -0.1) is 0 Å². The minimum Gasteiger partial charge on any atom is -0.399 e. The van der Waals surface area contributed by atoms with Crippen LogP contribution < -0.4 is 5.73 Å². The molecule has 1 aromatic carbocycles.